The molecule has 0 spiro atoms. The molecule has 21 heavy (non-hydrogen) atoms. The van der Waals surface area contributed by atoms with Crippen LogP contribution in [0, 0.1) is 11.8 Å². The maximum Gasteiger partial charge on any atom is 0.242 e. The van der Waals surface area contributed by atoms with Gasteiger partial charge in [0.05, 0.1) is 0 Å². The highest BCUT2D eigenvalue weighted by Crippen LogP contribution is 2.30. The number of carbonyl (C=O) groups excluding carboxylic acids is 1. The fraction of sp³-hybridized carbons (Fsp3) is 0.611. The third-order valence-electron chi connectivity index (χ3n) is 5.20. The number of rotatable bonds is 4. The molecule has 1 aromatic carbocycles. The monoisotopic (exact) mass is 286 g/mol. The van der Waals surface area contributed by atoms with Gasteiger partial charge in [0.25, 0.3) is 0 Å². The van der Waals surface area contributed by atoms with Crippen LogP contribution in [0.25, 0.3) is 0 Å². The van der Waals surface area contributed by atoms with E-state index in [1.54, 1.807) is 0 Å². The maximum atomic E-state index is 12.3. The van der Waals surface area contributed by atoms with E-state index in [9.17, 15) is 4.79 Å². The van der Waals surface area contributed by atoms with E-state index in [1.807, 2.05) is 12.1 Å². The topological polar surface area (TPSA) is 41.1 Å². The quantitative estimate of drug-likeness (QED) is 0.891. The summed E-state index contributed by atoms with van der Waals surface area (Å²) in [6.45, 7) is 3.14. The normalized spacial score (nSPS) is 27.8. The van der Waals surface area contributed by atoms with Gasteiger partial charge in [-0.25, -0.2) is 0 Å². The van der Waals surface area contributed by atoms with Crippen molar-refractivity contribution in [2.45, 2.75) is 51.5 Å². The highest BCUT2D eigenvalue weighted by Gasteiger charge is 2.27. The molecule has 3 nitrogen and oxygen atoms in total. The number of fused-ring (bicyclic) bond motifs is 1. The summed E-state index contributed by atoms with van der Waals surface area (Å²) in [5, 5.41) is 6.49. The number of hydrogen-bond acceptors (Lipinski definition) is 2. The summed E-state index contributed by atoms with van der Waals surface area (Å²) in [6, 6.07) is 8.11. The SMILES string of the molecule is CCC1CCC(CNC(=O)C2Cc3ccccc3N2)CC1. The lowest BCUT2D eigenvalue weighted by Gasteiger charge is -2.28. The highest BCUT2D eigenvalue weighted by atomic mass is 16.2. The van der Waals surface area contributed by atoms with Gasteiger partial charge in [-0.05, 0) is 36.3 Å². The van der Waals surface area contributed by atoms with Crippen LogP contribution >= 0.6 is 0 Å². The predicted octanol–water partition coefficient (Wildman–Crippen LogP) is 3.36. The maximum absolute atomic E-state index is 12.3. The summed E-state index contributed by atoms with van der Waals surface area (Å²) in [5.74, 6) is 1.76. The lowest BCUT2D eigenvalue weighted by Crippen LogP contribution is -2.41. The molecule has 0 radical (unpaired) electrons. The lowest BCUT2D eigenvalue weighted by molar-refractivity contribution is -0.121. The molecule has 1 aromatic rings. The third kappa shape index (κ3) is 3.39. The Bertz CT molecular complexity index is 467. The summed E-state index contributed by atoms with van der Waals surface area (Å²) in [5.41, 5.74) is 2.36. The molecule has 1 amide bonds. The Labute approximate surface area is 127 Å². The summed E-state index contributed by atoms with van der Waals surface area (Å²) in [6.07, 6.45) is 7.34. The highest BCUT2D eigenvalue weighted by molar-refractivity contribution is 5.87. The summed E-state index contributed by atoms with van der Waals surface area (Å²) >= 11 is 0. The van der Waals surface area contributed by atoms with Crippen molar-refractivity contribution in [1.82, 2.24) is 5.32 Å². The zero-order valence-corrected chi connectivity index (χ0v) is 12.9. The van der Waals surface area contributed by atoms with Gasteiger partial charge in [0, 0.05) is 18.7 Å². The van der Waals surface area contributed by atoms with Gasteiger partial charge >= 0.3 is 0 Å². The van der Waals surface area contributed by atoms with Gasteiger partial charge in [-0.3, -0.25) is 4.79 Å². The summed E-state index contributed by atoms with van der Waals surface area (Å²) in [4.78, 5) is 12.3. The minimum absolute atomic E-state index is 0.0885. The molecule has 1 heterocycles. The van der Waals surface area contributed by atoms with E-state index >= 15 is 0 Å². The Balaban J connectivity index is 1.44. The largest absolute Gasteiger partial charge is 0.373 e. The molecule has 114 valence electrons. The fourth-order valence-electron chi connectivity index (χ4n) is 3.67. The molecule has 3 rings (SSSR count). The van der Waals surface area contributed by atoms with E-state index in [-0.39, 0.29) is 11.9 Å². The van der Waals surface area contributed by atoms with Gasteiger partial charge in [0.1, 0.15) is 6.04 Å². The van der Waals surface area contributed by atoms with Crippen molar-refractivity contribution >= 4 is 11.6 Å². The van der Waals surface area contributed by atoms with Gasteiger partial charge in [-0.2, -0.15) is 0 Å². The van der Waals surface area contributed by atoms with E-state index in [2.05, 4.69) is 29.7 Å². The Hall–Kier alpha value is -1.51. The van der Waals surface area contributed by atoms with Gasteiger partial charge in [0.2, 0.25) is 5.91 Å². The molecule has 0 aromatic heterocycles. The average molecular weight is 286 g/mol. The van der Waals surface area contributed by atoms with Crippen LogP contribution in [0.5, 0.6) is 0 Å². The molecule has 1 atom stereocenters. The van der Waals surface area contributed by atoms with Crippen LogP contribution in [0.15, 0.2) is 24.3 Å². The molecule has 1 unspecified atom stereocenters. The van der Waals surface area contributed by atoms with Crippen molar-refractivity contribution < 1.29 is 4.79 Å². The average Bonchev–Trinajstić information content (AvgIpc) is 2.97. The van der Waals surface area contributed by atoms with Crippen LogP contribution in [-0.4, -0.2) is 18.5 Å². The molecule has 1 saturated carbocycles. The van der Waals surface area contributed by atoms with Crippen LogP contribution in [0.4, 0.5) is 5.69 Å². The van der Waals surface area contributed by atoms with Crippen molar-refractivity contribution in [2.75, 3.05) is 11.9 Å². The Morgan fingerprint density at radius 3 is 2.62 bits per heavy atom. The lowest BCUT2D eigenvalue weighted by atomic mass is 9.81. The molecule has 0 bridgehead atoms. The number of nitrogens with one attached hydrogen (secondary N) is 2. The number of carbonyl (C=O) groups is 1. The number of amides is 1. The molecular weight excluding hydrogens is 260 g/mol. The third-order valence-corrected chi connectivity index (χ3v) is 5.20. The minimum atomic E-state index is -0.0885. The van der Waals surface area contributed by atoms with Crippen LogP contribution in [-0.2, 0) is 11.2 Å². The van der Waals surface area contributed by atoms with Crippen LogP contribution in [0.2, 0.25) is 0 Å². The van der Waals surface area contributed by atoms with Crippen LogP contribution in [0.3, 0.4) is 0 Å². The predicted molar refractivity (Wildman–Crippen MR) is 86.3 cm³/mol. The fourth-order valence-corrected chi connectivity index (χ4v) is 3.67. The van der Waals surface area contributed by atoms with Crippen molar-refractivity contribution in [3.8, 4) is 0 Å². The number of hydrogen-bond donors (Lipinski definition) is 2. The second-order valence-corrected chi connectivity index (χ2v) is 6.60. The number of para-hydroxylation sites is 1. The summed E-state index contributed by atoms with van der Waals surface area (Å²) < 4.78 is 0. The van der Waals surface area contributed by atoms with Gasteiger partial charge in [-0.1, -0.05) is 44.4 Å². The zero-order valence-electron chi connectivity index (χ0n) is 12.9. The van der Waals surface area contributed by atoms with Crippen molar-refractivity contribution in [1.29, 1.82) is 0 Å². The Morgan fingerprint density at radius 1 is 1.19 bits per heavy atom. The number of benzene rings is 1. The van der Waals surface area contributed by atoms with E-state index in [1.165, 1.54) is 37.7 Å². The van der Waals surface area contributed by atoms with Gasteiger partial charge < -0.3 is 10.6 Å². The molecular formula is C18H26N2O. The van der Waals surface area contributed by atoms with E-state index in [4.69, 9.17) is 0 Å². The molecule has 1 fully saturated rings. The van der Waals surface area contributed by atoms with E-state index in [0.29, 0.717) is 5.92 Å². The Kier molecular flexibility index (Phi) is 4.47. The standard InChI is InChI=1S/C18H26N2O/c1-2-13-7-9-14(10-8-13)12-19-18(21)17-11-15-5-3-4-6-16(15)20-17/h3-6,13-14,17,20H,2,7-12H2,1H3,(H,19,21). The Morgan fingerprint density at radius 2 is 1.90 bits per heavy atom. The molecule has 0 saturated heterocycles. The van der Waals surface area contributed by atoms with Crippen molar-refractivity contribution in [3.05, 3.63) is 29.8 Å². The first kappa shape index (κ1) is 14.4. The molecule has 2 N–H and O–H groups in total. The van der Waals surface area contributed by atoms with E-state index < -0.39 is 0 Å². The first-order chi connectivity index (χ1) is 10.3. The molecule has 3 heteroatoms. The molecule has 1 aliphatic heterocycles. The van der Waals surface area contributed by atoms with Crippen molar-refractivity contribution in [2.24, 2.45) is 11.8 Å². The van der Waals surface area contributed by atoms with Crippen LogP contribution < -0.4 is 10.6 Å². The zero-order chi connectivity index (χ0) is 14.7. The van der Waals surface area contributed by atoms with Crippen LogP contribution in [0.1, 0.15) is 44.6 Å². The van der Waals surface area contributed by atoms with Gasteiger partial charge in [-0.15, -0.1) is 0 Å². The minimum Gasteiger partial charge on any atom is -0.373 e. The number of anilines is 1. The smallest absolute Gasteiger partial charge is 0.242 e. The molecule has 2 aliphatic rings. The van der Waals surface area contributed by atoms with Gasteiger partial charge in [0.15, 0.2) is 0 Å². The first-order valence-corrected chi connectivity index (χ1v) is 8.38. The summed E-state index contributed by atoms with van der Waals surface area (Å²) in [7, 11) is 0. The molecule has 1 aliphatic carbocycles. The van der Waals surface area contributed by atoms with Crippen molar-refractivity contribution in [3.63, 3.8) is 0 Å². The second kappa shape index (κ2) is 6.50. The van der Waals surface area contributed by atoms with E-state index in [0.717, 1.165) is 24.6 Å². The first-order valence-electron chi connectivity index (χ1n) is 8.38. The second-order valence-electron chi connectivity index (χ2n) is 6.60.